The first-order valence-electron chi connectivity index (χ1n) is 15.1. The van der Waals surface area contributed by atoms with Crippen LogP contribution < -0.4 is 5.32 Å². The summed E-state index contributed by atoms with van der Waals surface area (Å²) in [6, 6.07) is 0. The molecule has 1 heterocycles. The van der Waals surface area contributed by atoms with E-state index in [1.54, 1.807) is 0 Å². The predicted molar refractivity (Wildman–Crippen MR) is 140 cm³/mol. The zero-order chi connectivity index (χ0) is 24.8. The van der Waals surface area contributed by atoms with Gasteiger partial charge in [0.15, 0.2) is 0 Å². The topological polar surface area (TPSA) is 72.8 Å². The van der Waals surface area contributed by atoms with Crippen LogP contribution in [0.3, 0.4) is 0 Å². The first-order valence-corrected chi connectivity index (χ1v) is 15.1. The van der Waals surface area contributed by atoms with Crippen LogP contribution in [0.4, 0.5) is 0 Å². The first-order chi connectivity index (χ1) is 16.7. The molecule has 5 rings (SSSR count). The molecule has 0 aromatic heterocycles. The molecule has 0 spiro atoms. The van der Waals surface area contributed by atoms with E-state index in [0.717, 1.165) is 51.1 Å². The Morgan fingerprint density at radius 1 is 1.03 bits per heavy atom. The largest absolute Gasteiger partial charge is 0.393 e. The molecule has 1 aliphatic heterocycles. The Morgan fingerprint density at radius 3 is 2.57 bits per heavy atom. The molecular formula is C30H52N2O3. The van der Waals surface area contributed by atoms with Crippen LogP contribution in [0.5, 0.6) is 0 Å². The Morgan fingerprint density at radius 2 is 1.80 bits per heavy atom. The molecule has 1 amide bonds. The van der Waals surface area contributed by atoms with Gasteiger partial charge in [0.2, 0.25) is 5.91 Å². The summed E-state index contributed by atoms with van der Waals surface area (Å²) >= 11 is 0. The molecule has 0 aromatic rings. The number of amides is 1. The van der Waals surface area contributed by atoms with Gasteiger partial charge in [-0.25, -0.2) is 0 Å². The van der Waals surface area contributed by atoms with Gasteiger partial charge in [-0.1, -0.05) is 20.8 Å². The number of likely N-dealkylation sites (tertiary alicyclic amines) is 1. The highest BCUT2D eigenvalue weighted by Gasteiger charge is 2.63. The Balaban J connectivity index is 1.18. The minimum absolute atomic E-state index is 0.00973. The zero-order valence-corrected chi connectivity index (χ0v) is 22.7. The number of nitrogens with one attached hydrogen (secondary N) is 1. The lowest BCUT2D eigenvalue weighted by molar-refractivity contribution is -0.174. The van der Waals surface area contributed by atoms with E-state index in [-0.39, 0.29) is 23.5 Å². The fraction of sp³-hybridized carbons (Fsp3) is 0.967. The van der Waals surface area contributed by atoms with Gasteiger partial charge in [0.25, 0.3) is 0 Å². The molecule has 10 atom stereocenters. The summed E-state index contributed by atoms with van der Waals surface area (Å²) in [4.78, 5) is 15.0. The van der Waals surface area contributed by atoms with Gasteiger partial charge in [-0.2, -0.15) is 0 Å². The van der Waals surface area contributed by atoms with Gasteiger partial charge in [-0.3, -0.25) is 4.79 Å². The van der Waals surface area contributed by atoms with Crippen molar-refractivity contribution < 1.29 is 15.0 Å². The van der Waals surface area contributed by atoms with Gasteiger partial charge in [0.05, 0.1) is 12.2 Å². The number of fused-ring (bicyclic) bond motifs is 5. The normalized spacial score (nSPS) is 46.5. The van der Waals surface area contributed by atoms with Crippen LogP contribution in [0.2, 0.25) is 0 Å². The van der Waals surface area contributed by atoms with E-state index in [4.69, 9.17) is 0 Å². The van der Waals surface area contributed by atoms with Gasteiger partial charge >= 0.3 is 0 Å². The van der Waals surface area contributed by atoms with Crippen LogP contribution in [0.1, 0.15) is 97.8 Å². The molecule has 200 valence electrons. The van der Waals surface area contributed by atoms with Crippen molar-refractivity contribution in [3.8, 4) is 0 Å². The molecule has 5 fully saturated rings. The molecule has 0 bridgehead atoms. The van der Waals surface area contributed by atoms with Crippen LogP contribution in [0.25, 0.3) is 0 Å². The number of rotatable bonds is 7. The van der Waals surface area contributed by atoms with Crippen molar-refractivity contribution in [2.75, 3.05) is 26.2 Å². The lowest BCUT2D eigenvalue weighted by atomic mass is 9.43. The number of carbonyl (C=O) groups excluding carboxylic acids is 1. The van der Waals surface area contributed by atoms with Gasteiger partial charge in [-0.15, -0.1) is 0 Å². The van der Waals surface area contributed by atoms with Crippen molar-refractivity contribution in [1.82, 2.24) is 10.2 Å². The molecule has 5 aliphatic rings. The second kappa shape index (κ2) is 10.3. The maximum atomic E-state index is 12.5. The highest BCUT2D eigenvalue weighted by molar-refractivity contribution is 5.75. The van der Waals surface area contributed by atoms with Crippen molar-refractivity contribution in [3.63, 3.8) is 0 Å². The molecule has 0 radical (unpaired) electrons. The molecule has 0 aromatic carbocycles. The van der Waals surface area contributed by atoms with E-state index in [0.29, 0.717) is 41.4 Å². The highest BCUT2D eigenvalue weighted by atomic mass is 16.3. The van der Waals surface area contributed by atoms with E-state index in [1.165, 1.54) is 51.6 Å². The third kappa shape index (κ3) is 4.72. The number of hydrogen-bond donors (Lipinski definition) is 3. The van der Waals surface area contributed by atoms with Gasteiger partial charge in [-0.05, 0) is 130 Å². The summed E-state index contributed by atoms with van der Waals surface area (Å²) in [5.74, 6) is 3.76. The third-order valence-corrected chi connectivity index (χ3v) is 12.3. The fourth-order valence-electron chi connectivity index (χ4n) is 10.2. The molecule has 3 N–H and O–H groups in total. The van der Waals surface area contributed by atoms with Crippen molar-refractivity contribution in [2.24, 2.45) is 46.3 Å². The summed E-state index contributed by atoms with van der Waals surface area (Å²) < 4.78 is 0. The quantitative estimate of drug-likeness (QED) is 0.489. The molecule has 1 saturated heterocycles. The average molecular weight is 489 g/mol. The third-order valence-electron chi connectivity index (χ3n) is 12.3. The number of aliphatic hydroxyl groups excluding tert-OH is 2. The Kier molecular flexibility index (Phi) is 7.61. The van der Waals surface area contributed by atoms with E-state index in [2.05, 4.69) is 31.0 Å². The fourth-order valence-corrected chi connectivity index (χ4v) is 10.2. The molecule has 35 heavy (non-hydrogen) atoms. The minimum Gasteiger partial charge on any atom is -0.393 e. The maximum Gasteiger partial charge on any atom is 0.220 e. The van der Waals surface area contributed by atoms with Crippen molar-refractivity contribution in [1.29, 1.82) is 0 Å². The minimum atomic E-state index is -0.236. The molecule has 5 unspecified atom stereocenters. The highest BCUT2D eigenvalue weighted by Crippen LogP contribution is 2.68. The zero-order valence-electron chi connectivity index (χ0n) is 22.7. The van der Waals surface area contributed by atoms with Crippen molar-refractivity contribution >= 4 is 5.91 Å². The van der Waals surface area contributed by atoms with Crippen molar-refractivity contribution in [3.05, 3.63) is 0 Å². The molecular weight excluding hydrogens is 436 g/mol. The van der Waals surface area contributed by atoms with Gasteiger partial charge in [0, 0.05) is 19.5 Å². The SMILES string of the molecule is CC(CCC(=O)NCCN1CCCC1)[C@H]1CCC2C3CCC4C[C@H](O)CC[C@]4(C)C3C[C@H](O)[C@@]21C. The van der Waals surface area contributed by atoms with Gasteiger partial charge < -0.3 is 20.4 Å². The van der Waals surface area contributed by atoms with Crippen LogP contribution in [-0.2, 0) is 4.79 Å². The number of nitrogens with zero attached hydrogens (tertiary/aromatic N) is 1. The average Bonchev–Trinajstić information content (AvgIpc) is 3.47. The first kappa shape index (κ1) is 26.0. The number of aliphatic hydroxyl groups is 2. The van der Waals surface area contributed by atoms with Crippen LogP contribution in [0, 0.1) is 46.3 Å². The number of hydrogen-bond acceptors (Lipinski definition) is 4. The van der Waals surface area contributed by atoms with E-state index in [1.807, 2.05) is 0 Å². The smallest absolute Gasteiger partial charge is 0.220 e. The molecule has 4 aliphatic carbocycles. The van der Waals surface area contributed by atoms with E-state index >= 15 is 0 Å². The predicted octanol–water partition coefficient (Wildman–Crippen LogP) is 4.61. The summed E-state index contributed by atoms with van der Waals surface area (Å²) in [6.45, 7) is 11.4. The van der Waals surface area contributed by atoms with Crippen LogP contribution >= 0.6 is 0 Å². The number of carbonyl (C=O) groups is 1. The second-order valence-electron chi connectivity index (χ2n) is 13.8. The molecule has 5 nitrogen and oxygen atoms in total. The summed E-state index contributed by atoms with van der Waals surface area (Å²) in [7, 11) is 0. The lowest BCUT2D eigenvalue weighted by Crippen LogP contribution is -2.58. The summed E-state index contributed by atoms with van der Waals surface area (Å²) in [5.41, 5.74) is 0.283. The summed E-state index contributed by atoms with van der Waals surface area (Å²) in [6.07, 6.45) is 12.8. The Hall–Kier alpha value is -0.650. The second-order valence-corrected chi connectivity index (χ2v) is 13.8. The van der Waals surface area contributed by atoms with E-state index in [9.17, 15) is 15.0 Å². The monoisotopic (exact) mass is 488 g/mol. The molecule has 4 saturated carbocycles. The Bertz CT molecular complexity index is 754. The standard InChI is InChI=1S/C30H52N2O3/c1-20(6-11-28(35)31-14-17-32-15-4-5-16-32)24-9-10-25-23-8-7-21-18-22(33)12-13-29(21,2)26(23)19-27(34)30(24,25)3/h20-27,33-34H,4-19H2,1-3H3,(H,31,35)/t20?,21?,22-,23?,24-,25?,26?,27+,29+,30-/m1/s1. The van der Waals surface area contributed by atoms with E-state index < -0.39 is 0 Å². The lowest BCUT2D eigenvalue weighted by Gasteiger charge is -2.62. The van der Waals surface area contributed by atoms with Crippen molar-refractivity contribution in [2.45, 2.75) is 110 Å². The molecule has 5 heteroatoms. The van der Waals surface area contributed by atoms with Crippen LogP contribution in [-0.4, -0.2) is 59.4 Å². The maximum absolute atomic E-state index is 12.5. The Labute approximate surface area is 213 Å². The van der Waals surface area contributed by atoms with Gasteiger partial charge in [0.1, 0.15) is 0 Å². The summed E-state index contributed by atoms with van der Waals surface area (Å²) in [5, 5.41) is 25.2. The van der Waals surface area contributed by atoms with Crippen LogP contribution in [0.15, 0.2) is 0 Å².